The molecule has 0 saturated carbocycles. The van der Waals surface area contributed by atoms with E-state index in [0.717, 1.165) is 0 Å². The predicted octanol–water partition coefficient (Wildman–Crippen LogP) is 0.467. The minimum atomic E-state index is 0.0694. The first kappa shape index (κ1) is 5.20. The van der Waals surface area contributed by atoms with Crippen LogP contribution in [0.1, 0.15) is 6.92 Å². The highest BCUT2D eigenvalue weighted by atomic mass is 16.4. The Hall–Kier alpha value is -0.800. The molecule has 0 amide bonds. The van der Waals surface area contributed by atoms with E-state index in [1.165, 1.54) is 0 Å². The molecule has 0 aliphatic carbocycles. The third-order valence-electron chi connectivity index (χ3n) is 0.362. The summed E-state index contributed by atoms with van der Waals surface area (Å²) in [7, 11) is 0. The minimum Gasteiger partial charge on any atom is -0.0767 e. The van der Waals surface area contributed by atoms with Crippen LogP contribution in [0.3, 0.4) is 0 Å². The van der Waals surface area contributed by atoms with Crippen LogP contribution in [0.4, 0.5) is 0 Å². The average Bonchev–Trinajstić information content (AvgIpc) is 1.65. The Balaban J connectivity index is 3.23. The van der Waals surface area contributed by atoms with Gasteiger partial charge in [-0.3, -0.25) is 0 Å². The fraction of sp³-hybridized carbons (Fsp3) is 1.00. The predicted molar refractivity (Wildman–Crippen MR) is 20.0 cm³/mol. The molecule has 0 rings (SSSR count). The standard InChI is InChI=1S/C2H5N2O2/c1-2-4(6)3-5/h2H2,1H3/q+1. The molecular weight excluding hydrogens is 84.0 g/mol. The Morgan fingerprint density at radius 2 is 2.33 bits per heavy atom. The van der Waals surface area contributed by atoms with Crippen LogP contribution in [0.2, 0.25) is 0 Å². The van der Waals surface area contributed by atoms with Crippen molar-refractivity contribution in [2.75, 3.05) is 6.54 Å². The van der Waals surface area contributed by atoms with Gasteiger partial charge in [-0.25, -0.2) is 0 Å². The topological polar surface area (TPSA) is 49.5 Å². The van der Waals surface area contributed by atoms with Gasteiger partial charge in [0.1, 0.15) is 0 Å². The molecule has 0 N–H and O–H groups in total. The molecule has 0 aliphatic heterocycles. The van der Waals surface area contributed by atoms with Gasteiger partial charge in [0, 0.05) is 6.92 Å². The normalized spacial score (nSPS) is 7.50. The maximum absolute atomic E-state index is 9.62. The molecule has 0 aromatic rings. The van der Waals surface area contributed by atoms with Crippen LogP contribution in [0.25, 0.3) is 0 Å². The summed E-state index contributed by atoms with van der Waals surface area (Å²) in [5.41, 5.74) is 0. The van der Waals surface area contributed by atoms with Gasteiger partial charge in [0.25, 0.3) is 5.29 Å². The summed E-state index contributed by atoms with van der Waals surface area (Å²) in [4.78, 5) is 18.8. The molecule has 6 heavy (non-hydrogen) atoms. The molecule has 4 heteroatoms. The van der Waals surface area contributed by atoms with Gasteiger partial charge in [-0.15, -0.1) is 0 Å². The maximum Gasteiger partial charge on any atom is 0.290 e. The van der Waals surface area contributed by atoms with E-state index in [9.17, 15) is 4.91 Å². The Kier molecular flexibility index (Phi) is 2.11. The number of hydrogen-bond acceptors (Lipinski definition) is 2. The van der Waals surface area contributed by atoms with Crippen LogP contribution in [0, 0.1) is 9.81 Å². The second-order valence-electron chi connectivity index (χ2n) is 0.750. The van der Waals surface area contributed by atoms with E-state index >= 15 is 0 Å². The Morgan fingerprint density at radius 1 is 1.83 bits per heavy atom. The maximum atomic E-state index is 9.62. The Labute approximate surface area is 34.7 Å². The van der Waals surface area contributed by atoms with E-state index in [0.29, 0.717) is 0 Å². The lowest BCUT2D eigenvalue weighted by molar-refractivity contribution is -0.553. The summed E-state index contributed by atoms with van der Waals surface area (Å²) in [6, 6.07) is 0. The zero-order valence-electron chi connectivity index (χ0n) is 3.42. The van der Waals surface area contributed by atoms with Crippen molar-refractivity contribution >= 4 is 0 Å². The lowest BCUT2D eigenvalue weighted by atomic mass is 10.8. The van der Waals surface area contributed by atoms with Gasteiger partial charge in [-0.2, -0.15) is 0 Å². The summed E-state index contributed by atoms with van der Waals surface area (Å²) in [5, 5.41) is 2.03. The van der Waals surface area contributed by atoms with Crippen molar-refractivity contribution in [3.8, 4) is 0 Å². The minimum absolute atomic E-state index is 0.0694. The van der Waals surface area contributed by atoms with E-state index in [-0.39, 0.29) is 11.4 Å². The molecule has 0 aliphatic rings. The van der Waals surface area contributed by atoms with Gasteiger partial charge >= 0.3 is 0 Å². The van der Waals surface area contributed by atoms with E-state index in [1.54, 1.807) is 6.92 Å². The molecule has 4 nitrogen and oxygen atoms in total. The lowest BCUT2D eigenvalue weighted by Crippen LogP contribution is -1.93. The second kappa shape index (κ2) is 2.44. The van der Waals surface area contributed by atoms with E-state index < -0.39 is 0 Å². The second-order valence-corrected chi connectivity index (χ2v) is 0.750. The molecule has 34 valence electrons. The van der Waals surface area contributed by atoms with Crippen molar-refractivity contribution in [2.24, 2.45) is 5.29 Å². The van der Waals surface area contributed by atoms with Crippen LogP contribution in [-0.4, -0.2) is 11.4 Å². The Bertz CT molecular complexity index is 69.9. The fourth-order valence-electron chi connectivity index (χ4n) is 0.0577. The first-order valence-electron chi connectivity index (χ1n) is 1.59. The van der Waals surface area contributed by atoms with Crippen LogP contribution >= 0.6 is 0 Å². The van der Waals surface area contributed by atoms with Crippen LogP contribution in [0.15, 0.2) is 5.29 Å². The first-order valence-corrected chi connectivity index (χ1v) is 1.59. The summed E-state index contributed by atoms with van der Waals surface area (Å²) >= 11 is 0. The first-order chi connectivity index (χ1) is 2.81. The molecule has 0 aromatic heterocycles. The van der Waals surface area contributed by atoms with E-state index in [4.69, 9.17) is 4.91 Å². The van der Waals surface area contributed by atoms with Gasteiger partial charge in [0.2, 0.25) is 6.54 Å². The van der Waals surface area contributed by atoms with Crippen molar-refractivity contribution in [3.05, 3.63) is 9.81 Å². The summed E-state index contributed by atoms with van der Waals surface area (Å²) < 4.78 is 0. The van der Waals surface area contributed by atoms with Gasteiger partial charge in [-0.1, -0.05) is 4.91 Å². The third kappa shape index (κ3) is 1.51. The highest BCUT2D eigenvalue weighted by Crippen LogP contribution is 1.66. The molecule has 0 bridgehead atoms. The van der Waals surface area contributed by atoms with E-state index in [2.05, 4.69) is 0 Å². The van der Waals surface area contributed by atoms with Crippen LogP contribution in [-0.2, 0) is 0 Å². The zero-order valence-corrected chi connectivity index (χ0v) is 3.42. The molecule has 0 saturated heterocycles. The number of nitrogens with zero attached hydrogens (tertiary/aromatic N) is 2. The Morgan fingerprint density at radius 3 is 2.33 bits per heavy atom. The fourth-order valence-corrected chi connectivity index (χ4v) is 0.0577. The monoisotopic (exact) mass is 89.0 g/mol. The largest absolute Gasteiger partial charge is 0.290 e. The quantitative estimate of drug-likeness (QED) is 0.280. The third-order valence-corrected chi connectivity index (χ3v) is 0.362. The average molecular weight is 89.1 g/mol. The highest BCUT2D eigenvalue weighted by Gasteiger charge is 1.97. The van der Waals surface area contributed by atoms with Crippen LogP contribution in [0.5, 0.6) is 0 Å². The zero-order chi connectivity index (χ0) is 4.99. The van der Waals surface area contributed by atoms with Gasteiger partial charge in [0.05, 0.1) is 4.91 Å². The number of rotatable bonds is 2. The van der Waals surface area contributed by atoms with Gasteiger partial charge < -0.3 is 0 Å². The summed E-state index contributed by atoms with van der Waals surface area (Å²) in [6.07, 6.45) is 0. The SMILES string of the molecule is CC[N+](=O)N=O. The molecule has 0 unspecified atom stereocenters. The smallest absolute Gasteiger partial charge is 0.0767 e. The van der Waals surface area contributed by atoms with E-state index in [1.807, 2.05) is 5.29 Å². The number of hydrogen-bond donors (Lipinski definition) is 0. The summed E-state index contributed by atoms with van der Waals surface area (Å²) in [5.74, 6) is 0. The molecule has 0 spiro atoms. The summed E-state index contributed by atoms with van der Waals surface area (Å²) in [6.45, 7) is 1.68. The molecular formula is C2H5N2O2+. The van der Waals surface area contributed by atoms with Crippen molar-refractivity contribution in [1.82, 2.24) is 0 Å². The van der Waals surface area contributed by atoms with Crippen molar-refractivity contribution in [2.45, 2.75) is 6.92 Å². The van der Waals surface area contributed by atoms with Crippen molar-refractivity contribution in [1.29, 1.82) is 0 Å². The van der Waals surface area contributed by atoms with Gasteiger partial charge in [0.15, 0.2) is 4.87 Å². The lowest BCUT2D eigenvalue weighted by Gasteiger charge is -1.59. The highest BCUT2D eigenvalue weighted by molar-refractivity contribution is 4.01. The molecule has 0 fully saturated rings. The number of nitroso groups, excluding NO2 is 2. The molecule has 0 heterocycles. The molecule has 0 atom stereocenters. The van der Waals surface area contributed by atoms with Gasteiger partial charge in [-0.05, 0) is 0 Å². The molecule has 0 radical (unpaired) electrons. The van der Waals surface area contributed by atoms with Crippen LogP contribution < -0.4 is 0 Å². The van der Waals surface area contributed by atoms with Crippen molar-refractivity contribution in [3.63, 3.8) is 0 Å². The van der Waals surface area contributed by atoms with Crippen molar-refractivity contribution < 1.29 is 4.87 Å². The molecule has 0 aromatic carbocycles.